The van der Waals surface area contributed by atoms with E-state index in [0.29, 0.717) is 0 Å². The Morgan fingerprint density at radius 1 is 0.707 bits per heavy atom. The Balaban J connectivity index is 1.62. The van der Waals surface area contributed by atoms with Gasteiger partial charge in [0.15, 0.2) is 0 Å². The molecule has 0 fully saturated rings. The molecule has 0 aromatic heterocycles. The Morgan fingerprint density at radius 2 is 1.37 bits per heavy atom. The molecule has 4 aromatic carbocycles. The van der Waals surface area contributed by atoms with Gasteiger partial charge in [-0.05, 0) is 100 Å². The third-order valence-electron chi connectivity index (χ3n) is 9.72. The molecule has 0 radical (unpaired) electrons. The summed E-state index contributed by atoms with van der Waals surface area (Å²) in [7, 11) is 0. The SMILES string of the molecule is CC(C)=C/C=C(\Cc1ccccc1C)C1(c2cccc3c2C(C)(C)c2ccccc2-3)C2=C(CC=C2)c2ccccc21. The molecule has 41 heavy (non-hydrogen) atoms. The highest BCUT2D eigenvalue weighted by molar-refractivity contribution is 5.92. The van der Waals surface area contributed by atoms with Crippen LogP contribution >= 0.6 is 0 Å². The van der Waals surface area contributed by atoms with Crippen molar-refractivity contribution >= 4 is 5.57 Å². The fourth-order valence-corrected chi connectivity index (χ4v) is 7.90. The summed E-state index contributed by atoms with van der Waals surface area (Å²) < 4.78 is 0. The lowest BCUT2D eigenvalue weighted by Gasteiger charge is -2.40. The van der Waals surface area contributed by atoms with Gasteiger partial charge in [0.05, 0.1) is 5.41 Å². The Bertz CT molecular complexity index is 1830. The van der Waals surface area contributed by atoms with Crippen LogP contribution in [-0.2, 0) is 17.3 Å². The monoisotopic (exact) mass is 530 g/mol. The number of hydrogen-bond donors (Lipinski definition) is 0. The fourth-order valence-electron chi connectivity index (χ4n) is 7.90. The molecule has 7 rings (SSSR count). The third-order valence-corrected chi connectivity index (χ3v) is 9.72. The lowest BCUT2D eigenvalue weighted by Crippen LogP contribution is -2.35. The summed E-state index contributed by atoms with van der Waals surface area (Å²) in [4.78, 5) is 0. The zero-order valence-electron chi connectivity index (χ0n) is 24.9. The largest absolute Gasteiger partial charge is 0.0798 e. The van der Waals surface area contributed by atoms with E-state index in [0.717, 1.165) is 12.8 Å². The van der Waals surface area contributed by atoms with E-state index in [2.05, 4.69) is 150 Å². The minimum Gasteiger partial charge on any atom is -0.0798 e. The molecule has 202 valence electrons. The van der Waals surface area contributed by atoms with Crippen molar-refractivity contribution < 1.29 is 0 Å². The van der Waals surface area contributed by atoms with Gasteiger partial charge in [0.2, 0.25) is 0 Å². The molecule has 1 unspecified atom stereocenters. The molecule has 0 spiro atoms. The van der Waals surface area contributed by atoms with Crippen molar-refractivity contribution in [1.82, 2.24) is 0 Å². The molecular formula is C41H38. The summed E-state index contributed by atoms with van der Waals surface area (Å²) in [6.07, 6.45) is 11.5. The molecule has 0 aliphatic heterocycles. The van der Waals surface area contributed by atoms with Gasteiger partial charge in [0.1, 0.15) is 0 Å². The molecule has 0 heterocycles. The van der Waals surface area contributed by atoms with Crippen molar-refractivity contribution in [2.45, 2.75) is 58.3 Å². The molecule has 0 saturated carbocycles. The molecule has 3 aliphatic carbocycles. The maximum absolute atomic E-state index is 2.45. The molecule has 0 nitrogen and oxygen atoms in total. The minimum atomic E-state index is -0.377. The first-order chi connectivity index (χ1) is 19.8. The first kappa shape index (κ1) is 25.8. The summed E-state index contributed by atoms with van der Waals surface area (Å²) in [5.74, 6) is 0. The number of aryl methyl sites for hydroxylation is 1. The lowest BCUT2D eigenvalue weighted by molar-refractivity contribution is 0.621. The molecule has 0 N–H and O–H groups in total. The smallest absolute Gasteiger partial charge is 0.0679 e. The van der Waals surface area contributed by atoms with Crippen LogP contribution < -0.4 is 0 Å². The van der Waals surface area contributed by atoms with Crippen LogP contribution in [0.3, 0.4) is 0 Å². The zero-order chi connectivity index (χ0) is 28.4. The van der Waals surface area contributed by atoms with E-state index in [9.17, 15) is 0 Å². The Kier molecular flexibility index (Phi) is 5.94. The molecule has 3 aliphatic rings. The summed E-state index contributed by atoms with van der Waals surface area (Å²) in [5, 5.41) is 0. The van der Waals surface area contributed by atoms with Crippen molar-refractivity contribution in [3.8, 4) is 11.1 Å². The van der Waals surface area contributed by atoms with Crippen molar-refractivity contribution in [3.05, 3.63) is 171 Å². The molecular weight excluding hydrogens is 492 g/mol. The Morgan fingerprint density at radius 3 is 2.15 bits per heavy atom. The number of fused-ring (bicyclic) bond motifs is 5. The van der Waals surface area contributed by atoms with Crippen LogP contribution in [0, 0.1) is 6.92 Å². The maximum Gasteiger partial charge on any atom is 0.0679 e. The molecule has 1 atom stereocenters. The van der Waals surface area contributed by atoms with Gasteiger partial charge in [-0.15, -0.1) is 0 Å². The van der Waals surface area contributed by atoms with Gasteiger partial charge in [-0.25, -0.2) is 0 Å². The molecule has 0 heteroatoms. The maximum atomic E-state index is 2.45. The first-order valence-corrected chi connectivity index (χ1v) is 15.0. The second kappa shape index (κ2) is 9.45. The first-order valence-electron chi connectivity index (χ1n) is 15.0. The van der Waals surface area contributed by atoms with Crippen LogP contribution in [0.15, 0.2) is 132 Å². The predicted octanol–water partition coefficient (Wildman–Crippen LogP) is 10.4. The molecule has 0 saturated heterocycles. The van der Waals surface area contributed by atoms with E-state index >= 15 is 0 Å². The molecule has 0 bridgehead atoms. The quantitative estimate of drug-likeness (QED) is 0.225. The fraction of sp³-hybridized carbons (Fsp3) is 0.220. The van der Waals surface area contributed by atoms with Gasteiger partial charge in [-0.3, -0.25) is 0 Å². The Hall–Kier alpha value is -4.16. The second-order valence-electron chi connectivity index (χ2n) is 12.7. The lowest BCUT2D eigenvalue weighted by atomic mass is 9.61. The third kappa shape index (κ3) is 3.66. The van der Waals surface area contributed by atoms with E-state index in [1.165, 1.54) is 72.4 Å². The van der Waals surface area contributed by atoms with Gasteiger partial charge >= 0.3 is 0 Å². The molecule has 4 aromatic rings. The average molecular weight is 531 g/mol. The van der Waals surface area contributed by atoms with Crippen molar-refractivity contribution in [3.63, 3.8) is 0 Å². The van der Waals surface area contributed by atoms with Crippen molar-refractivity contribution in [2.75, 3.05) is 0 Å². The van der Waals surface area contributed by atoms with E-state index in [1.54, 1.807) is 0 Å². The van der Waals surface area contributed by atoms with Gasteiger partial charge < -0.3 is 0 Å². The number of allylic oxidation sites excluding steroid dienone is 8. The van der Waals surface area contributed by atoms with Crippen LogP contribution in [0.2, 0.25) is 0 Å². The topological polar surface area (TPSA) is 0 Å². The standard InChI is InChI=1S/C41H38/c1-27(2)24-25-30(26-29-15-7-6-14-28(29)3)41(36-21-11-9-16-31(36)32-18-12-22-37(32)41)38-23-13-19-34-33-17-8-10-20-35(33)40(4,5)39(34)38/h6-17,19-25H,18,26H2,1-5H3/b30-25+. The van der Waals surface area contributed by atoms with E-state index in [4.69, 9.17) is 0 Å². The highest BCUT2D eigenvalue weighted by atomic mass is 14.5. The summed E-state index contributed by atoms with van der Waals surface area (Å²) in [5.41, 5.74) is 17.9. The van der Waals surface area contributed by atoms with E-state index in [-0.39, 0.29) is 10.8 Å². The van der Waals surface area contributed by atoms with Gasteiger partial charge in [0, 0.05) is 5.41 Å². The van der Waals surface area contributed by atoms with E-state index in [1.807, 2.05) is 0 Å². The number of rotatable bonds is 5. The number of hydrogen-bond acceptors (Lipinski definition) is 0. The van der Waals surface area contributed by atoms with Crippen molar-refractivity contribution in [2.24, 2.45) is 0 Å². The van der Waals surface area contributed by atoms with Gasteiger partial charge in [-0.2, -0.15) is 0 Å². The average Bonchev–Trinajstić information content (AvgIpc) is 3.63. The normalized spacial score (nSPS) is 19.6. The van der Waals surface area contributed by atoms with Gasteiger partial charge in [-0.1, -0.05) is 135 Å². The summed E-state index contributed by atoms with van der Waals surface area (Å²) in [6.45, 7) is 11.5. The Labute approximate surface area is 245 Å². The highest BCUT2D eigenvalue weighted by Crippen LogP contribution is 2.62. The summed E-state index contributed by atoms with van der Waals surface area (Å²) in [6, 6.07) is 34.3. The van der Waals surface area contributed by atoms with Gasteiger partial charge in [0.25, 0.3) is 0 Å². The van der Waals surface area contributed by atoms with Crippen LogP contribution in [0.25, 0.3) is 16.7 Å². The van der Waals surface area contributed by atoms with Crippen LogP contribution in [0.5, 0.6) is 0 Å². The molecule has 0 amide bonds. The highest BCUT2D eigenvalue weighted by Gasteiger charge is 2.52. The van der Waals surface area contributed by atoms with Crippen LogP contribution in [0.4, 0.5) is 0 Å². The summed E-state index contributed by atoms with van der Waals surface area (Å²) >= 11 is 0. The zero-order valence-corrected chi connectivity index (χ0v) is 24.9. The second-order valence-corrected chi connectivity index (χ2v) is 12.7. The van der Waals surface area contributed by atoms with Crippen molar-refractivity contribution in [1.29, 1.82) is 0 Å². The van der Waals surface area contributed by atoms with Crippen LogP contribution in [-0.4, -0.2) is 0 Å². The van der Waals surface area contributed by atoms with Crippen LogP contribution in [0.1, 0.15) is 73.1 Å². The predicted molar refractivity (Wildman–Crippen MR) is 174 cm³/mol. The van der Waals surface area contributed by atoms with E-state index < -0.39 is 0 Å². The number of benzene rings is 4. The minimum absolute atomic E-state index is 0.111.